The Hall–Kier alpha value is -1.12. The van der Waals surface area contributed by atoms with Crippen molar-refractivity contribution in [2.45, 2.75) is 25.7 Å². The highest BCUT2D eigenvalue weighted by atomic mass is 16.5. The lowest BCUT2D eigenvalue weighted by Gasteiger charge is -2.24. The first-order valence-electron chi connectivity index (χ1n) is 5.49. The molecule has 1 saturated carbocycles. The van der Waals surface area contributed by atoms with Gasteiger partial charge in [-0.3, -0.25) is 4.79 Å². The molecule has 2 rings (SSSR count). The van der Waals surface area contributed by atoms with Gasteiger partial charge in [0.2, 0.25) is 0 Å². The van der Waals surface area contributed by atoms with E-state index in [0.29, 0.717) is 12.2 Å². The second-order valence-electron chi connectivity index (χ2n) is 4.51. The van der Waals surface area contributed by atoms with Gasteiger partial charge in [-0.1, -0.05) is 12.8 Å². The topological polar surface area (TPSA) is 43.4 Å². The van der Waals surface area contributed by atoms with Crippen LogP contribution in [-0.4, -0.2) is 19.2 Å². The number of allylic oxidation sites excluding steroid dienone is 2. The highest BCUT2D eigenvalue weighted by Crippen LogP contribution is 2.40. The molecule has 2 unspecified atom stereocenters. The number of methoxy groups -OCH3 is 1. The lowest BCUT2D eigenvalue weighted by atomic mass is 9.80. The van der Waals surface area contributed by atoms with E-state index in [2.05, 4.69) is 0 Å². The Balaban J connectivity index is 2.11. The Bertz CT molecular complexity index is 302. The third-order valence-electron chi connectivity index (χ3n) is 3.31. The van der Waals surface area contributed by atoms with E-state index < -0.39 is 0 Å². The van der Waals surface area contributed by atoms with Gasteiger partial charge in [0.15, 0.2) is 11.5 Å². The molecule has 15 heavy (non-hydrogen) atoms. The van der Waals surface area contributed by atoms with Crippen LogP contribution in [0.3, 0.4) is 0 Å². The Morgan fingerprint density at radius 2 is 2.27 bits per heavy atom. The van der Waals surface area contributed by atoms with Gasteiger partial charge in [-0.25, -0.2) is 0 Å². The Morgan fingerprint density at radius 3 is 2.80 bits per heavy atom. The average Bonchev–Trinajstić information content (AvgIpc) is 3.04. The molecule has 0 N–H and O–H groups in total. The van der Waals surface area contributed by atoms with Crippen LogP contribution in [0.1, 0.15) is 25.7 Å². The summed E-state index contributed by atoms with van der Waals surface area (Å²) < 4.78 is 5.02. The van der Waals surface area contributed by atoms with Crippen LogP contribution in [0.2, 0.25) is 0 Å². The minimum absolute atomic E-state index is 0.0401. The third-order valence-corrected chi connectivity index (χ3v) is 3.31. The van der Waals surface area contributed by atoms with Crippen molar-refractivity contribution in [3.05, 3.63) is 11.8 Å². The van der Waals surface area contributed by atoms with Crippen LogP contribution in [0.5, 0.6) is 0 Å². The molecular formula is C12H16O3. The van der Waals surface area contributed by atoms with Crippen molar-refractivity contribution >= 4 is 12.1 Å². The molecule has 0 aliphatic heterocycles. The van der Waals surface area contributed by atoms with E-state index in [4.69, 9.17) is 4.74 Å². The Labute approximate surface area is 89.5 Å². The van der Waals surface area contributed by atoms with Crippen molar-refractivity contribution in [3.63, 3.8) is 0 Å². The molecule has 82 valence electrons. The lowest BCUT2D eigenvalue weighted by molar-refractivity contribution is -0.124. The van der Waals surface area contributed by atoms with Crippen molar-refractivity contribution in [3.8, 4) is 0 Å². The highest BCUT2D eigenvalue weighted by molar-refractivity contribution is 5.96. The predicted molar refractivity (Wildman–Crippen MR) is 55.1 cm³/mol. The molecule has 1 fully saturated rings. The monoisotopic (exact) mass is 208 g/mol. The van der Waals surface area contributed by atoms with E-state index in [1.54, 1.807) is 0 Å². The van der Waals surface area contributed by atoms with Crippen molar-refractivity contribution in [2.75, 3.05) is 7.11 Å². The van der Waals surface area contributed by atoms with E-state index in [9.17, 15) is 9.59 Å². The largest absolute Gasteiger partial charge is 0.493 e. The molecule has 0 saturated heterocycles. The summed E-state index contributed by atoms with van der Waals surface area (Å²) in [5.74, 6) is 1.25. The van der Waals surface area contributed by atoms with Crippen LogP contribution in [0.15, 0.2) is 11.8 Å². The number of carbonyl (C=O) groups is 2. The second-order valence-corrected chi connectivity index (χ2v) is 4.51. The van der Waals surface area contributed by atoms with Crippen molar-refractivity contribution in [1.29, 1.82) is 0 Å². The quantitative estimate of drug-likeness (QED) is 0.661. The number of ketones is 1. The minimum Gasteiger partial charge on any atom is -0.493 e. The minimum atomic E-state index is -0.128. The summed E-state index contributed by atoms with van der Waals surface area (Å²) in [5, 5.41) is 0. The Kier molecular flexibility index (Phi) is 2.89. The summed E-state index contributed by atoms with van der Waals surface area (Å²) in [4.78, 5) is 22.4. The maximum absolute atomic E-state index is 11.5. The molecule has 0 heterocycles. The first-order chi connectivity index (χ1) is 7.24. The van der Waals surface area contributed by atoms with Crippen molar-refractivity contribution < 1.29 is 14.3 Å². The van der Waals surface area contributed by atoms with Gasteiger partial charge in [0, 0.05) is 12.3 Å². The number of aldehydes is 1. The second kappa shape index (κ2) is 4.17. The number of carbonyl (C=O) groups excluding carboxylic acids is 2. The van der Waals surface area contributed by atoms with Crippen LogP contribution in [0.25, 0.3) is 0 Å². The van der Waals surface area contributed by atoms with Gasteiger partial charge in [-0.15, -0.1) is 0 Å². The number of hydrogen-bond donors (Lipinski definition) is 0. The average molecular weight is 208 g/mol. The molecular weight excluding hydrogens is 192 g/mol. The van der Waals surface area contributed by atoms with Gasteiger partial charge >= 0.3 is 0 Å². The predicted octanol–water partition coefficient (Wildman–Crippen LogP) is 1.72. The molecule has 0 spiro atoms. The van der Waals surface area contributed by atoms with Gasteiger partial charge in [-0.2, -0.15) is 0 Å². The summed E-state index contributed by atoms with van der Waals surface area (Å²) in [6.07, 6.45) is 6.67. The van der Waals surface area contributed by atoms with E-state index in [1.807, 2.05) is 6.08 Å². The summed E-state index contributed by atoms with van der Waals surface area (Å²) in [7, 11) is 1.51. The molecule has 0 aromatic carbocycles. The van der Waals surface area contributed by atoms with Crippen LogP contribution in [-0.2, 0) is 14.3 Å². The molecule has 0 radical (unpaired) electrons. The number of hydrogen-bond acceptors (Lipinski definition) is 3. The molecule has 2 aliphatic rings. The van der Waals surface area contributed by atoms with Crippen LogP contribution in [0, 0.1) is 17.8 Å². The summed E-state index contributed by atoms with van der Waals surface area (Å²) in [5.41, 5.74) is 0. The lowest BCUT2D eigenvalue weighted by Crippen LogP contribution is -2.26. The number of Topliss-reactive ketones (excluding diaryl/α,β-unsaturated/α-hetero) is 1. The van der Waals surface area contributed by atoms with Gasteiger partial charge in [0.05, 0.1) is 7.11 Å². The molecule has 2 aliphatic carbocycles. The zero-order valence-corrected chi connectivity index (χ0v) is 8.94. The first-order valence-corrected chi connectivity index (χ1v) is 5.49. The van der Waals surface area contributed by atoms with E-state index in [-0.39, 0.29) is 17.6 Å². The van der Waals surface area contributed by atoms with E-state index in [0.717, 1.165) is 18.6 Å². The fourth-order valence-corrected chi connectivity index (χ4v) is 2.19. The van der Waals surface area contributed by atoms with Crippen LogP contribution >= 0.6 is 0 Å². The molecule has 0 amide bonds. The zero-order chi connectivity index (χ0) is 10.8. The van der Waals surface area contributed by atoms with E-state index in [1.165, 1.54) is 20.0 Å². The van der Waals surface area contributed by atoms with E-state index >= 15 is 0 Å². The van der Waals surface area contributed by atoms with Crippen molar-refractivity contribution in [2.24, 2.45) is 17.8 Å². The molecule has 0 aromatic heterocycles. The third kappa shape index (κ3) is 2.28. The fourth-order valence-electron chi connectivity index (χ4n) is 2.19. The first kappa shape index (κ1) is 10.4. The van der Waals surface area contributed by atoms with Gasteiger partial charge in [0.1, 0.15) is 6.29 Å². The number of rotatable bonds is 4. The number of ether oxygens (including phenoxy) is 1. The van der Waals surface area contributed by atoms with Gasteiger partial charge in [0.25, 0.3) is 0 Å². The van der Waals surface area contributed by atoms with Crippen molar-refractivity contribution in [1.82, 2.24) is 0 Å². The molecule has 0 aromatic rings. The smallest absolute Gasteiger partial charge is 0.197 e. The Morgan fingerprint density at radius 1 is 1.53 bits per heavy atom. The fraction of sp³-hybridized carbons (Fsp3) is 0.667. The molecule has 2 atom stereocenters. The standard InChI is InChI=1S/C12H16O3/c1-15-12-6-9(4-8-2-3-8)10(7-13)5-11(12)14/h6-10H,2-5H2,1H3. The highest BCUT2D eigenvalue weighted by Gasteiger charge is 2.34. The summed E-state index contributed by atoms with van der Waals surface area (Å²) >= 11 is 0. The van der Waals surface area contributed by atoms with Gasteiger partial charge < -0.3 is 9.53 Å². The molecule has 3 nitrogen and oxygen atoms in total. The summed E-state index contributed by atoms with van der Waals surface area (Å²) in [6.45, 7) is 0. The zero-order valence-electron chi connectivity index (χ0n) is 8.94. The van der Waals surface area contributed by atoms with Crippen LogP contribution < -0.4 is 0 Å². The molecule has 3 heteroatoms. The SMILES string of the molecule is COC1=CC(CC2CC2)C(C=O)CC1=O. The maximum atomic E-state index is 11.5. The summed E-state index contributed by atoms with van der Waals surface area (Å²) in [6, 6.07) is 0. The maximum Gasteiger partial charge on any atom is 0.197 e. The normalized spacial score (nSPS) is 31.0. The molecule has 0 bridgehead atoms. The van der Waals surface area contributed by atoms with Gasteiger partial charge in [-0.05, 0) is 24.3 Å². The van der Waals surface area contributed by atoms with Crippen LogP contribution in [0.4, 0.5) is 0 Å².